The van der Waals surface area contributed by atoms with Gasteiger partial charge in [0.1, 0.15) is 5.82 Å². The number of hydrogen-bond acceptors (Lipinski definition) is 2. The SMILES string of the molecule is Cc1cnccc1C(N)Cc1ccc(F)c(Br)c1. The summed E-state index contributed by atoms with van der Waals surface area (Å²) in [6.45, 7) is 1.99. The Balaban J connectivity index is 2.19. The molecule has 2 nitrogen and oxygen atoms in total. The van der Waals surface area contributed by atoms with Crippen LogP contribution in [0.4, 0.5) is 4.39 Å². The number of benzene rings is 1. The van der Waals surface area contributed by atoms with Crippen molar-refractivity contribution in [2.45, 2.75) is 19.4 Å². The van der Waals surface area contributed by atoms with Crippen LogP contribution in [0.2, 0.25) is 0 Å². The third kappa shape index (κ3) is 2.94. The minimum absolute atomic E-state index is 0.106. The first-order valence-electron chi connectivity index (χ1n) is 5.68. The van der Waals surface area contributed by atoms with Crippen LogP contribution >= 0.6 is 15.9 Å². The molecule has 0 aliphatic carbocycles. The van der Waals surface area contributed by atoms with E-state index in [1.54, 1.807) is 24.5 Å². The van der Waals surface area contributed by atoms with Crippen LogP contribution in [0.15, 0.2) is 41.1 Å². The van der Waals surface area contributed by atoms with Crippen molar-refractivity contribution < 1.29 is 4.39 Å². The molecule has 1 heterocycles. The van der Waals surface area contributed by atoms with Crippen molar-refractivity contribution in [2.75, 3.05) is 0 Å². The van der Waals surface area contributed by atoms with Crippen LogP contribution in [0.1, 0.15) is 22.7 Å². The lowest BCUT2D eigenvalue weighted by Crippen LogP contribution is -2.14. The summed E-state index contributed by atoms with van der Waals surface area (Å²) in [5, 5.41) is 0. The van der Waals surface area contributed by atoms with Crippen molar-refractivity contribution in [1.82, 2.24) is 4.98 Å². The van der Waals surface area contributed by atoms with E-state index in [9.17, 15) is 4.39 Å². The maximum Gasteiger partial charge on any atom is 0.137 e. The molecule has 1 unspecified atom stereocenters. The van der Waals surface area contributed by atoms with E-state index >= 15 is 0 Å². The van der Waals surface area contributed by atoms with Crippen LogP contribution in [0.5, 0.6) is 0 Å². The molecular formula is C14H14BrFN2. The van der Waals surface area contributed by atoms with Crippen molar-refractivity contribution in [3.8, 4) is 0 Å². The highest BCUT2D eigenvalue weighted by atomic mass is 79.9. The van der Waals surface area contributed by atoms with E-state index in [2.05, 4.69) is 20.9 Å². The van der Waals surface area contributed by atoms with Crippen molar-refractivity contribution in [1.29, 1.82) is 0 Å². The smallest absolute Gasteiger partial charge is 0.137 e. The van der Waals surface area contributed by atoms with Crippen LogP contribution in [-0.2, 0) is 6.42 Å². The Morgan fingerprint density at radius 1 is 1.39 bits per heavy atom. The zero-order valence-corrected chi connectivity index (χ0v) is 11.6. The molecule has 0 saturated carbocycles. The molecule has 0 radical (unpaired) electrons. The van der Waals surface area contributed by atoms with Gasteiger partial charge in [0.05, 0.1) is 4.47 Å². The van der Waals surface area contributed by atoms with Gasteiger partial charge in [-0.1, -0.05) is 6.07 Å². The average Bonchev–Trinajstić information content (AvgIpc) is 2.34. The fourth-order valence-electron chi connectivity index (χ4n) is 1.93. The number of nitrogens with zero attached hydrogens (tertiary/aromatic N) is 1. The fourth-order valence-corrected chi connectivity index (χ4v) is 2.36. The Morgan fingerprint density at radius 3 is 2.83 bits per heavy atom. The van der Waals surface area contributed by atoms with Crippen LogP contribution in [-0.4, -0.2) is 4.98 Å². The zero-order chi connectivity index (χ0) is 13.1. The maximum atomic E-state index is 13.1. The molecule has 0 fully saturated rings. The summed E-state index contributed by atoms with van der Waals surface area (Å²) >= 11 is 3.18. The number of aromatic nitrogens is 1. The second-order valence-electron chi connectivity index (χ2n) is 4.29. The van der Waals surface area contributed by atoms with Crippen molar-refractivity contribution in [2.24, 2.45) is 5.73 Å². The van der Waals surface area contributed by atoms with Gasteiger partial charge in [0.25, 0.3) is 0 Å². The Kier molecular flexibility index (Phi) is 4.09. The number of hydrogen-bond donors (Lipinski definition) is 1. The summed E-state index contributed by atoms with van der Waals surface area (Å²) in [6, 6.07) is 6.80. The molecule has 1 aromatic carbocycles. The zero-order valence-electron chi connectivity index (χ0n) is 10.0. The number of aryl methyl sites for hydroxylation is 1. The Bertz CT molecular complexity index is 557. The predicted molar refractivity (Wildman–Crippen MR) is 73.7 cm³/mol. The molecule has 0 aliphatic heterocycles. The van der Waals surface area contributed by atoms with Gasteiger partial charge in [-0.2, -0.15) is 0 Å². The van der Waals surface area contributed by atoms with Gasteiger partial charge in [0.15, 0.2) is 0 Å². The molecule has 0 spiro atoms. The van der Waals surface area contributed by atoms with E-state index in [1.807, 2.05) is 13.0 Å². The summed E-state index contributed by atoms with van der Waals surface area (Å²) in [6.07, 6.45) is 4.21. The molecule has 1 atom stereocenters. The molecule has 0 saturated heterocycles. The second kappa shape index (κ2) is 5.59. The maximum absolute atomic E-state index is 13.1. The Labute approximate surface area is 114 Å². The van der Waals surface area contributed by atoms with E-state index in [0.29, 0.717) is 10.9 Å². The summed E-state index contributed by atoms with van der Waals surface area (Å²) < 4.78 is 13.6. The van der Waals surface area contributed by atoms with Gasteiger partial charge in [-0.05, 0) is 64.2 Å². The highest BCUT2D eigenvalue weighted by Gasteiger charge is 2.10. The topological polar surface area (TPSA) is 38.9 Å². The normalized spacial score (nSPS) is 12.4. The number of rotatable bonds is 3. The summed E-state index contributed by atoms with van der Waals surface area (Å²) in [5.41, 5.74) is 9.34. The van der Waals surface area contributed by atoms with Gasteiger partial charge < -0.3 is 5.73 Å². The monoisotopic (exact) mass is 308 g/mol. The lowest BCUT2D eigenvalue weighted by atomic mass is 9.97. The first kappa shape index (κ1) is 13.2. The molecule has 94 valence electrons. The highest BCUT2D eigenvalue weighted by Crippen LogP contribution is 2.22. The van der Waals surface area contributed by atoms with E-state index in [-0.39, 0.29) is 11.9 Å². The number of pyridine rings is 1. The van der Waals surface area contributed by atoms with Gasteiger partial charge in [0.2, 0.25) is 0 Å². The van der Waals surface area contributed by atoms with Crippen LogP contribution < -0.4 is 5.73 Å². The first-order valence-corrected chi connectivity index (χ1v) is 6.47. The van der Waals surface area contributed by atoms with Crippen molar-refractivity contribution in [3.63, 3.8) is 0 Å². The Hall–Kier alpha value is -1.26. The number of nitrogens with two attached hydrogens (primary N) is 1. The molecular weight excluding hydrogens is 295 g/mol. The van der Waals surface area contributed by atoms with Crippen LogP contribution in [0.25, 0.3) is 0 Å². The molecule has 2 aromatic rings. The predicted octanol–water partition coefficient (Wildman–Crippen LogP) is 3.53. The van der Waals surface area contributed by atoms with E-state index in [1.165, 1.54) is 6.07 Å². The van der Waals surface area contributed by atoms with Gasteiger partial charge in [0, 0.05) is 18.4 Å². The standard InChI is InChI=1S/C14H14BrFN2/c1-9-8-18-5-4-11(9)14(17)7-10-2-3-13(16)12(15)6-10/h2-6,8,14H,7,17H2,1H3. The minimum atomic E-state index is -0.257. The van der Waals surface area contributed by atoms with E-state index in [0.717, 1.165) is 16.7 Å². The van der Waals surface area contributed by atoms with Gasteiger partial charge in [-0.25, -0.2) is 4.39 Å². The summed E-state index contributed by atoms with van der Waals surface area (Å²) in [4.78, 5) is 4.05. The third-order valence-electron chi connectivity index (χ3n) is 2.90. The fraction of sp³-hybridized carbons (Fsp3) is 0.214. The number of halogens is 2. The van der Waals surface area contributed by atoms with Crippen LogP contribution in [0, 0.1) is 12.7 Å². The quantitative estimate of drug-likeness (QED) is 0.942. The molecule has 0 aliphatic rings. The second-order valence-corrected chi connectivity index (χ2v) is 5.15. The lowest BCUT2D eigenvalue weighted by molar-refractivity contribution is 0.618. The summed E-state index contributed by atoms with van der Waals surface area (Å²) in [5.74, 6) is -0.257. The van der Waals surface area contributed by atoms with Crippen LogP contribution in [0.3, 0.4) is 0 Å². The molecule has 1 aromatic heterocycles. The Morgan fingerprint density at radius 2 is 2.17 bits per heavy atom. The lowest BCUT2D eigenvalue weighted by Gasteiger charge is -2.14. The molecule has 0 bridgehead atoms. The molecule has 4 heteroatoms. The molecule has 2 N–H and O–H groups in total. The molecule has 18 heavy (non-hydrogen) atoms. The van der Waals surface area contributed by atoms with Gasteiger partial charge in [-0.3, -0.25) is 4.98 Å². The van der Waals surface area contributed by atoms with E-state index < -0.39 is 0 Å². The molecule has 0 amide bonds. The summed E-state index contributed by atoms with van der Waals surface area (Å²) in [7, 11) is 0. The van der Waals surface area contributed by atoms with Gasteiger partial charge in [-0.15, -0.1) is 0 Å². The molecule has 2 rings (SSSR count). The first-order chi connectivity index (χ1) is 8.58. The highest BCUT2D eigenvalue weighted by molar-refractivity contribution is 9.10. The minimum Gasteiger partial charge on any atom is -0.324 e. The average molecular weight is 309 g/mol. The van der Waals surface area contributed by atoms with Crippen molar-refractivity contribution >= 4 is 15.9 Å². The van der Waals surface area contributed by atoms with Crippen molar-refractivity contribution in [3.05, 3.63) is 63.6 Å². The van der Waals surface area contributed by atoms with E-state index in [4.69, 9.17) is 5.73 Å². The largest absolute Gasteiger partial charge is 0.324 e. The van der Waals surface area contributed by atoms with Gasteiger partial charge >= 0.3 is 0 Å². The third-order valence-corrected chi connectivity index (χ3v) is 3.51.